The summed E-state index contributed by atoms with van der Waals surface area (Å²) in [7, 11) is -2.97. The van der Waals surface area contributed by atoms with E-state index in [1.165, 1.54) is 6.07 Å². The molecule has 2 aromatic rings. The van der Waals surface area contributed by atoms with Crippen LogP contribution in [-0.4, -0.2) is 32.4 Å². The molecule has 1 aromatic heterocycles. The molecule has 1 saturated heterocycles. The van der Waals surface area contributed by atoms with Gasteiger partial charge in [-0.3, -0.25) is 4.79 Å². The number of sulfone groups is 1. The Labute approximate surface area is 127 Å². The monoisotopic (exact) mass is 325 g/mol. The molecular weight excluding hydrogens is 309 g/mol. The first-order chi connectivity index (χ1) is 10.4. The minimum Gasteiger partial charge on any atom is -0.448 e. The molecule has 3 rings (SSSR count). The summed E-state index contributed by atoms with van der Waals surface area (Å²) in [5, 5.41) is 3.24. The van der Waals surface area contributed by atoms with Crippen molar-refractivity contribution in [2.45, 2.75) is 13.3 Å². The van der Waals surface area contributed by atoms with Gasteiger partial charge < -0.3 is 9.73 Å². The maximum absolute atomic E-state index is 13.7. The molecule has 0 unspecified atom stereocenters. The van der Waals surface area contributed by atoms with Crippen LogP contribution in [0.5, 0.6) is 0 Å². The van der Waals surface area contributed by atoms with Crippen LogP contribution in [0.2, 0.25) is 0 Å². The molecular formula is C15H16FNO4S. The van der Waals surface area contributed by atoms with Crippen LogP contribution >= 0.6 is 0 Å². The van der Waals surface area contributed by atoms with Gasteiger partial charge in [-0.1, -0.05) is 12.1 Å². The number of hydrogen-bond donors (Lipinski definition) is 1. The van der Waals surface area contributed by atoms with Gasteiger partial charge in [0.15, 0.2) is 27.0 Å². The predicted octanol–water partition coefficient (Wildman–Crippen LogP) is 2.04. The fourth-order valence-corrected chi connectivity index (χ4v) is 4.64. The smallest absolute Gasteiger partial charge is 0.287 e. The Morgan fingerprint density at radius 3 is 2.86 bits per heavy atom. The first kappa shape index (κ1) is 15.0. The Kier molecular flexibility index (Phi) is 3.68. The number of furan rings is 1. The molecule has 1 atom stereocenters. The second-order valence-electron chi connectivity index (χ2n) is 5.65. The van der Waals surface area contributed by atoms with Crippen LogP contribution in [0.25, 0.3) is 11.0 Å². The molecule has 7 heteroatoms. The topological polar surface area (TPSA) is 76.4 Å². The van der Waals surface area contributed by atoms with Gasteiger partial charge in [0.05, 0.1) is 11.5 Å². The van der Waals surface area contributed by atoms with Gasteiger partial charge in [-0.15, -0.1) is 0 Å². The Balaban J connectivity index is 1.76. The summed E-state index contributed by atoms with van der Waals surface area (Å²) in [5.74, 6) is -0.695. The van der Waals surface area contributed by atoms with Crippen LogP contribution in [0.1, 0.15) is 22.5 Å². The molecule has 118 valence electrons. The zero-order valence-corrected chi connectivity index (χ0v) is 12.9. The summed E-state index contributed by atoms with van der Waals surface area (Å²) in [6, 6.07) is 4.53. The second kappa shape index (κ2) is 5.39. The molecule has 5 nitrogen and oxygen atoms in total. The first-order valence-corrected chi connectivity index (χ1v) is 8.86. The summed E-state index contributed by atoms with van der Waals surface area (Å²) in [6.45, 7) is 1.97. The zero-order valence-electron chi connectivity index (χ0n) is 12.1. The van der Waals surface area contributed by atoms with Crippen LogP contribution in [0.4, 0.5) is 4.39 Å². The van der Waals surface area contributed by atoms with Gasteiger partial charge in [0, 0.05) is 17.5 Å². The minimum absolute atomic E-state index is 0.0635. The van der Waals surface area contributed by atoms with Crippen molar-refractivity contribution in [1.29, 1.82) is 0 Å². The number of rotatable bonds is 3. The summed E-state index contributed by atoms with van der Waals surface area (Å²) in [4.78, 5) is 12.2. The van der Waals surface area contributed by atoms with Crippen molar-refractivity contribution in [3.05, 3.63) is 35.3 Å². The quantitative estimate of drug-likeness (QED) is 0.937. The Bertz CT molecular complexity index is 841. The first-order valence-electron chi connectivity index (χ1n) is 7.03. The third-order valence-corrected chi connectivity index (χ3v) is 5.84. The van der Waals surface area contributed by atoms with Gasteiger partial charge >= 0.3 is 0 Å². The molecule has 1 N–H and O–H groups in total. The van der Waals surface area contributed by atoms with E-state index in [1.807, 2.05) is 0 Å². The van der Waals surface area contributed by atoms with Crippen LogP contribution < -0.4 is 5.32 Å². The molecule has 0 saturated carbocycles. The number of hydrogen-bond acceptors (Lipinski definition) is 4. The molecule has 0 bridgehead atoms. The lowest BCUT2D eigenvalue weighted by Gasteiger charge is -2.08. The van der Waals surface area contributed by atoms with Crippen LogP contribution in [0.3, 0.4) is 0 Å². The van der Waals surface area contributed by atoms with Crippen LogP contribution in [0.15, 0.2) is 22.6 Å². The lowest BCUT2D eigenvalue weighted by molar-refractivity contribution is 0.0922. The molecule has 22 heavy (non-hydrogen) atoms. The largest absolute Gasteiger partial charge is 0.448 e. The molecule has 1 aliphatic heterocycles. The molecule has 0 radical (unpaired) electrons. The molecule has 1 aliphatic rings. The van der Waals surface area contributed by atoms with Gasteiger partial charge in [0.25, 0.3) is 5.91 Å². The van der Waals surface area contributed by atoms with Crippen molar-refractivity contribution in [3.63, 3.8) is 0 Å². The second-order valence-corrected chi connectivity index (χ2v) is 7.88. The lowest BCUT2D eigenvalue weighted by Crippen LogP contribution is -2.29. The van der Waals surface area contributed by atoms with Crippen molar-refractivity contribution in [2.75, 3.05) is 18.1 Å². The number of carbonyl (C=O) groups excluding carboxylic acids is 1. The molecule has 1 amide bonds. The van der Waals surface area contributed by atoms with E-state index in [0.29, 0.717) is 17.4 Å². The number of halogens is 1. The van der Waals surface area contributed by atoms with Crippen LogP contribution in [0, 0.1) is 18.7 Å². The van der Waals surface area contributed by atoms with Gasteiger partial charge in [-0.25, -0.2) is 12.8 Å². The summed E-state index contributed by atoms with van der Waals surface area (Å²) >= 11 is 0. The van der Waals surface area contributed by atoms with E-state index < -0.39 is 21.6 Å². The van der Waals surface area contributed by atoms with E-state index in [9.17, 15) is 17.6 Å². The predicted molar refractivity (Wildman–Crippen MR) is 80.0 cm³/mol. The molecule has 1 aromatic carbocycles. The number of carbonyl (C=O) groups is 1. The average molecular weight is 325 g/mol. The SMILES string of the molecule is Cc1c(C(=O)NC[C@H]2CCS(=O)(=O)C2)oc2c(F)cccc12. The number of aryl methyl sites for hydroxylation is 1. The van der Waals surface area contributed by atoms with E-state index in [4.69, 9.17) is 4.42 Å². The van der Waals surface area contributed by atoms with Crippen molar-refractivity contribution >= 4 is 26.7 Å². The van der Waals surface area contributed by atoms with Crippen molar-refractivity contribution in [2.24, 2.45) is 5.92 Å². The average Bonchev–Trinajstić information content (AvgIpc) is 2.98. The van der Waals surface area contributed by atoms with Crippen LogP contribution in [-0.2, 0) is 9.84 Å². The Hall–Kier alpha value is -1.89. The Morgan fingerprint density at radius 1 is 1.45 bits per heavy atom. The van der Waals surface area contributed by atoms with E-state index in [-0.39, 0.29) is 35.3 Å². The third kappa shape index (κ3) is 2.72. The van der Waals surface area contributed by atoms with Gasteiger partial charge in [-0.05, 0) is 25.3 Å². The maximum Gasteiger partial charge on any atom is 0.287 e. The maximum atomic E-state index is 13.7. The number of benzene rings is 1. The van der Waals surface area contributed by atoms with E-state index in [0.717, 1.165) is 0 Å². The highest BCUT2D eigenvalue weighted by atomic mass is 32.2. The van der Waals surface area contributed by atoms with Crippen molar-refractivity contribution in [1.82, 2.24) is 5.32 Å². The molecule has 0 spiro atoms. The Morgan fingerprint density at radius 2 is 2.23 bits per heavy atom. The number of amides is 1. The summed E-state index contributed by atoms with van der Waals surface area (Å²) in [6.07, 6.45) is 0.552. The van der Waals surface area contributed by atoms with Crippen molar-refractivity contribution in [3.8, 4) is 0 Å². The highest BCUT2D eigenvalue weighted by Gasteiger charge is 2.28. The van der Waals surface area contributed by atoms with E-state index in [1.54, 1.807) is 19.1 Å². The molecule has 1 fully saturated rings. The standard InChI is InChI=1S/C15H16FNO4S/c1-9-11-3-2-4-12(16)14(11)21-13(9)15(18)17-7-10-5-6-22(19,20)8-10/h2-4,10H,5-8H2,1H3,(H,17,18)/t10-/m1/s1. The zero-order chi connectivity index (χ0) is 15.9. The molecule has 2 heterocycles. The lowest BCUT2D eigenvalue weighted by atomic mass is 10.1. The van der Waals surface area contributed by atoms with E-state index >= 15 is 0 Å². The highest BCUT2D eigenvalue weighted by molar-refractivity contribution is 7.91. The summed E-state index contributed by atoms with van der Waals surface area (Å²) < 4.78 is 41.8. The number of para-hydroxylation sites is 1. The van der Waals surface area contributed by atoms with Gasteiger partial charge in [0.1, 0.15) is 0 Å². The van der Waals surface area contributed by atoms with Crippen molar-refractivity contribution < 1.29 is 22.0 Å². The fourth-order valence-electron chi connectivity index (χ4n) is 2.78. The van der Waals surface area contributed by atoms with Gasteiger partial charge in [-0.2, -0.15) is 0 Å². The number of nitrogens with one attached hydrogen (secondary N) is 1. The third-order valence-electron chi connectivity index (χ3n) is 4.00. The molecule has 0 aliphatic carbocycles. The minimum atomic E-state index is -2.97. The summed E-state index contributed by atoms with van der Waals surface area (Å²) in [5.41, 5.74) is 0.639. The highest BCUT2D eigenvalue weighted by Crippen LogP contribution is 2.27. The normalized spacial score (nSPS) is 20.4. The van der Waals surface area contributed by atoms with Gasteiger partial charge in [0.2, 0.25) is 0 Å². The fraction of sp³-hybridized carbons (Fsp3) is 0.400. The number of fused-ring (bicyclic) bond motifs is 1. The van der Waals surface area contributed by atoms with E-state index in [2.05, 4.69) is 5.32 Å².